The van der Waals surface area contributed by atoms with Crippen LogP contribution in [0.3, 0.4) is 0 Å². The molecule has 0 radical (unpaired) electrons. The number of hydrogen-bond acceptors (Lipinski definition) is 5. The van der Waals surface area contributed by atoms with Crippen LogP contribution in [-0.2, 0) is 9.59 Å². The zero-order valence-electron chi connectivity index (χ0n) is 16.3. The largest absolute Gasteiger partial charge is 0.490 e. The maximum Gasteiger partial charge on any atom is 0.237 e. The number of carbonyl (C=O) groups is 2. The van der Waals surface area contributed by atoms with Gasteiger partial charge in [0.15, 0.2) is 0 Å². The Kier molecular flexibility index (Phi) is 7.77. The van der Waals surface area contributed by atoms with Crippen molar-refractivity contribution < 1.29 is 14.3 Å². The molecule has 0 bridgehead atoms. The molecule has 2 N–H and O–H groups in total. The Morgan fingerprint density at radius 1 is 1.28 bits per heavy atom. The van der Waals surface area contributed by atoms with Crippen molar-refractivity contribution >= 4 is 17.9 Å². The highest BCUT2D eigenvalue weighted by Gasteiger charge is 2.30. The molecule has 7 nitrogen and oxygen atoms in total. The van der Waals surface area contributed by atoms with Gasteiger partial charge in [0, 0.05) is 25.8 Å². The number of pyridine rings is 1. The van der Waals surface area contributed by atoms with Gasteiger partial charge in [-0.05, 0) is 17.7 Å². The normalized spacial score (nSPS) is 17.1. The summed E-state index contributed by atoms with van der Waals surface area (Å²) in [6.07, 6.45) is 7.47. The van der Waals surface area contributed by atoms with E-state index in [0.29, 0.717) is 38.5 Å². The van der Waals surface area contributed by atoms with E-state index in [1.54, 1.807) is 18.5 Å². The van der Waals surface area contributed by atoms with Crippen LogP contribution in [0.5, 0.6) is 5.75 Å². The highest BCUT2D eigenvalue weighted by atomic mass is 16.5. The fraction of sp³-hybridized carbons (Fsp3) is 0.318. The van der Waals surface area contributed by atoms with Crippen molar-refractivity contribution in [3.63, 3.8) is 0 Å². The minimum atomic E-state index is -0.469. The lowest BCUT2D eigenvalue weighted by atomic mass is 10.1. The molecule has 1 saturated heterocycles. The van der Waals surface area contributed by atoms with Crippen LogP contribution in [0, 0.1) is 0 Å². The lowest BCUT2D eigenvalue weighted by Gasteiger charge is -2.33. The summed E-state index contributed by atoms with van der Waals surface area (Å²) in [5.74, 6) is 0.384. The summed E-state index contributed by atoms with van der Waals surface area (Å²) in [4.78, 5) is 30.6. The fourth-order valence-electron chi connectivity index (χ4n) is 3.13. The third-order valence-corrected chi connectivity index (χ3v) is 4.60. The standard InChI is InChI=1S/C22H26N4O3/c27-21(24-12-15-29-19-9-4-10-23-17-19)16-20-22(28)25-11-14-26(20)13-5-8-18-6-2-1-3-7-18/h1-10,17,20H,11-16H2,(H,24,27)(H,25,28)/b8-5+/t20-/m1/s1. The fourth-order valence-corrected chi connectivity index (χ4v) is 3.13. The predicted molar refractivity (Wildman–Crippen MR) is 111 cm³/mol. The second kappa shape index (κ2) is 11.0. The Hall–Kier alpha value is -3.19. The highest BCUT2D eigenvalue weighted by molar-refractivity contribution is 5.88. The Labute approximate surface area is 170 Å². The van der Waals surface area contributed by atoms with Gasteiger partial charge < -0.3 is 15.4 Å². The summed E-state index contributed by atoms with van der Waals surface area (Å²) >= 11 is 0. The van der Waals surface area contributed by atoms with Gasteiger partial charge in [0.25, 0.3) is 0 Å². The van der Waals surface area contributed by atoms with Crippen LogP contribution in [0.4, 0.5) is 0 Å². The quantitative estimate of drug-likeness (QED) is 0.630. The second-order valence-corrected chi connectivity index (χ2v) is 6.71. The van der Waals surface area contributed by atoms with Crippen molar-refractivity contribution in [1.29, 1.82) is 0 Å². The molecular weight excluding hydrogens is 368 g/mol. The number of rotatable bonds is 9. The number of carbonyl (C=O) groups excluding carboxylic acids is 2. The van der Waals surface area contributed by atoms with E-state index in [4.69, 9.17) is 4.74 Å². The first-order chi connectivity index (χ1) is 14.2. The van der Waals surface area contributed by atoms with Gasteiger partial charge in [-0.25, -0.2) is 0 Å². The first kappa shape index (κ1) is 20.5. The summed E-state index contributed by atoms with van der Waals surface area (Å²) < 4.78 is 5.51. The molecule has 2 aromatic rings. The molecule has 1 fully saturated rings. The molecule has 1 aromatic carbocycles. The van der Waals surface area contributed by atoms with Crippen molar-refractivity contribution in [3.05, 3.63) is 66.5 Å². The van der Waals surface area contributed by atoms with E-state index in [9.17, 15) is 9.59 Å². The Bertz CT molecular complexity index is 811. The van der Waals surface area contributed by atoms with Crippen LogP contribution >= 0.6 is 0 Å². The highest BCUT2D eigenvalue weighted by Crippen LogP contribution is 2.10. The smallest absolute Gasteiger partial charge is 0.237 e. The molecule has 152 valence electrons. The molecule has 7 heteroatoms. The molecule has 0 unspecified atom stereocenters. The van der Waals surface area contributed by atoms with Crippen LogP contribution in [0.25, 0.3) is 6.08 Å². The van der Waals surface area contributed by atoms with Crippen molar-refractivity contribution in [2.75, 3.05) is 32.8 Å². The molecule has 29 heavy (non-hydrogen) atoms. The van der Waals surface area contributed by atoms with E-state index in [1.807, 2.05) is 53.5 Å². The van der Waals surface area contributed by atoms with Crippen LogP contribution in [0.2, 0.25) is 0 Å². The number of nitrogens with zero attached hydrogens (tertiary/aromatic N) is 2. The number of aromatic nitrogens is 1. The molecule has 3 rings (SSSR count). The van der Waals surface area contributed by atoms with E-state index in [2.05, 4.69) is 15.6 Å². The van der Waals surface area contributed by atoms with E-state index in [-0.39, 0.29) is 18.2 Å². The lowest BCUT2D eigenvalue weighted by Crippen LogP contribution is -2.56. The molecule has 1 aliphatic heterocycles. The average molecular weight is 394 g/mol. The van der Waals surface area contributed by atoms with Gasteiger partial charge in [-0.1, -0.05) is 42.5 Å². The Morgan fingerprint density at radius 2 is 2.14 bits per heavy atom. The van der Waals surface area contributed by atoms with Crippen LogP contribution in [0.1, 0.15) is 12.0 Å². The van der Waals surface area contributed by atoms with Crippen LogP contribution in [-0.4, -0.2) is 60.5 Å². The molecule has 0 aliphatic carbocycles. The first-order valence-electron chi connectivity index (χ1n) is 9.75. The van der Waals surface area contributed by atoms with Gasteiger partial charge in [-0.2, -0.15) is 0 Å². The topological polar surface area (TPSA) is 83.6 Å². The molecule has 2 amide bonds. The van der Waals surface area contributed by atoms with Crippen molar-refractivity contribution in [3.8, 4) is 5.75 Å². The minimum absolute atomic E-state index is 0.105. The third-order valence-electron chi connectivity index (χ3n) is 4.60. The molecule has 1 aromatic heterocycles. The number of piperazine rings is 1. The molecule has 0 spiro atoms. The molecular formula is C22H26N4O3. The van der Waals surface area contributed by atoms with Gasteiger partial charge in [0.05, 0.1) is 25.2 Å². The molecule has 0 saturated carbocycles. The number of benzene rings is 1. The van der Waals surface area contributed by atoms with E-state index in [1.165, 1.54) is 0 Å². The first-order valence-corrected chi connectivity index (χ1v) is 9.75. The molecule has 1 atom stereocenters. The Balaban J connectivity index is 1.45. The SMILES string of the molecule is O=C(C[C@@H]1C(=O)NCCN1C/C=C/c1ccccc1)NCCOc1cccnc1. The number of ether oxygens (including phenoxy) is 1. The Morgan fingerprint density at radius 3 is 2.93 bits per heavy atom. The summed E-state index contributed by atoms with van der Waals surface area (Å²) in [7, 11) is 0. The molecule has 2 heterocycles. The predicted octanol–water partition coefficient (Wildman–Crippen LogP) is 1.48. The summed E-state index contributed by atoms with van der Waals surface area (Å²) in [6, 6.07) is 13.1. The van der Waals surface area contributed by atoms with Gasteiger partial charge in [0.1, 0.15) is 12.4 Å². The monoisotopic (exact) mass is 394 g/mol. The van der Waals surface area contributed by atoms with Gasteiger partial charge in [-0.3, -0.25) is 19.5 Å². The van der Waals surface area contributed by atoms with E-state index in [0.717, 1.165) is 5.56 Å². The number of hydrogen-bond donors (Lipinski definition) is 2. The number of amides is 2. The van der Waals surface area contributed by atoms with Crippen molar-refractivity contribution in [2.45, 2.75) is 12.5 Å². The zero-order chi connectivity index (χ0) is 20.3. The second-order valence-electron chi connectivity index (χ2n) is 6.71. The van der Waals surface area contributed by atoms with Crippen LogP contribution < -0.4 is 15.4 Å². The lowest BCUT2D eigenvalue weighted by molar-refractivity contribution is -0.133. The van der Waals surface area contributed by atoms with E-state index < -0.39 is 6.04 Å². The van der Waals surface area contributed by atoms with Crippen molar-refractivity contribution in [2.24, 2.45) is 0 Å². The summed E-state index contributed by atoms with van der Waals surface area (Å²) in [5.41, 5.74) is 1.11. The van der Waals surface area contributed by atoms with E-state index >= 15 is 0 Å². The zero-order valence-corrected chi connectivity index (χ0v) is 16.3. The van der Waals surface area contributed by atoms with Crippen LogP contribution in [0.15, 0.2) is 60.9 Å². The summed E-state index contributed by atoms with van der Waals surface area (Å²) in [5, 5.41) is 5.66. The maximum absolute atomic E-state index is 12.3. The molecule has 1 aliphatic rings. The maximum atomic E-state index is 12.3. The third kappa shape index (κ3) is 6.73. The number of nitrogens with one attached hydrogen (secondary N) is 2. The van der Waals surface area contributed by atoms with Gasteiger partial charge >= 0.3 is 0 Å². The summed E-state index contributed by atoms with van der Waals surface area (Å²) in [6.45, 7) is 2.64. The van der Waals surface area contributed by atoms with Gasteiger partial charge in [0.2, 0.25) is 11.8 Å². The van der Waals surface area contributed by atoms with Crippen molar-refractivity contribution in [1.82, 2.24) is 20.5 Å². The minimum Gasteiger partial charge on any atom is -0.490 e. The average Bonchev–Trinajstić information content (AvgIpc) is 2.75. The van der Waals surface area contributed by atoms with Gasteiger partial charge in [-0.15, -0.1) is 0 Å².